The van der Waals surface area contributed by atoms with E-state index < -0.39 is 0 Å². The summed E-state index contributed by atoms with van der Waals surface area (Å²) in [6.45, 7) is 0.757. The zero-order valence-corrected chi connectivity index (χ0v) is 12.5. The number of hydrogen-bond acceptors (Lipinski definition) is 3. The minimum Gasteiger partial charge on any atom is -0.489 e. The van der Waals surface area contributed by atoms with Gasteiger partial charge in [0.15, 0.2) is 0 Å². The zero-order chi connectivity index (χ0) is 15.2. The number of ether oxygens (including phenoxy) is 2. The van der Waals surface area contributed by atoms with Gasteiger partial charge in [-0.15, -0.1) is 0 Å². The third kappa shape index (κ3) is 4.51. The number of hydrogen-bond donors (Lipinski definition) is 1. The Hall–Kier alpha value is -1.98. The molecule has 0 bridgehead atoms. The summed E-state index contributed by atoms with van der Waals surface area (Å²) in [6.07, 6.45) is 0. The topological polar surface area (TPSA) is 44.5 Å². The standard InChI is InChI=1S/C16H16FNO2S/c1-19-9-11-3-2-4-15(7-11)20-10-12-5-13(16(18)21)8-14(17)6-12/h2-8H,9-10H2,1H3,(H2,18,21). The van der Waals surface area contributed by atoms with Gasteiger partial charge in [-0.2, -0.15) is 0 Å². The van der Waals surface area contributed by atoms with Crippen LogP contribution in [-0.4, -0.2) is 12.1 Å². The second-order valence-electron chi connectivity index (χ2n) is 4.58. The van der Waals surface area contributed by atoms with Crippen LogP contribution < -0.4 is 10.5 Å². The van der Waals surface area contributed by atoms with Crippen LogP contribution in [0.15, 0.2) is 42.5 Å². The van der Waals surface area contributed by atoms with Crippen LogP contribution in [0.5, 0.6) is 5.75 Å². The van der Waals surface area contributed by atoms with E-state index in [-0.39, 0.29) is 17.4 Å². The fraction of sp³-hybridized carbons (Fsp3) is 0.188. The first-order chi connectivity index (χ1) is 10.1. The Morgan fingerprint density at radius 3 is 2.67 bits per heavy atom. The highest BCUT2D eigenvalue weighted by Crippen LogP contribution is 2.17. The number of methoxy groups -OCH3 is 1. The maximum Gasteiger partial charge on any atom is 0.124 e. The van der Waals surface area contributed by atoms with Gasteiger partial charge in [0.25, 0.3) is 0 Å². The largest absolute Gasteiger partial charge is 0.489 e. The van der Waals surface area contributed by atoms with Gasteiger partial charge in [-0.3, -0.25) is 0 Å². The first kappa shape index (κ1) is 15.4. The molecule has 2 aromatic rings. The highest BCUT2D eigenvalue weighted by Gasteiger charge is 2.04. The molecular weight excluding hydrogens is 289 g/mol. The molecule has 0 unspecified atom stereocenters. The fourth-order valence-electron chi connectivity index (χ4n) is 1.93. The van der Waals surface area contributed by atoms with Crippen LogP contribution in [0.2, 0.25) is 0 Å². The molecule has 0 atom stereocenters. The van der Waals surface area contributed by atoms with E-state index in [1.807, 2.05) is 24.3 Å². The average molecular weight is 305 g/mol. The predicted molar refractivity (Wildman–Crippen MR) is 83.8 cm³/mol. The van der Waals surface area contributed by atoms with E-state index in [1.54, 1.807) is 13.2 Å². The summed E-state index contributed by atoms with van der Waals surface area (Å²) in [5, 5.41) is 0. The predicted octanol–water partition coefficient (Wildman–Crippen LogP) is 3.19. The first-order valence-corrected chi connectivity index (χ1v) is 6.79. The second-order valence-corrected chi connectivity index (χ2v) is 5.02. The Labute approximate surface area is 128 Å². The van der Waals surface area contributed by atoms with Crippen LogP contribution in [0.25, 0.3) is 0 Å². The van der Waals surface area contributed by atoms with Crippen LogP contribution in [0, 0.1) is 5.82 Å². The van der Waals surface area contributed by atoms with Crippen molar-refractivity contribution in [1.29, 1.82) is 0 Å². The summed E-state index contributed by atoms with van der Waals surface area (Å²) in [4.78, 5) is 0.165. The molecule has 0 aromatic heterocycles. The normalized spacial score (nSPS) is 10.4. The van der Waals surface area contributed by atoms with Gasteiger partial charge in [-0.05, 0) is 41.5 Å². The van der Waals surface area contributed by atoms with Gasteiger partial charge in [0.1, 0.15) is 23.2 Å². The molecule has 0 aliphatic rings. The summed E-state index contributed by atoms with van der Waals surface area (Å²) < 4.78 is 24.2. The van der Waals surface area contributed by atoms with E-state index >= 15 is 0 Å². The number of halogens is 1. The molecule has 5 heteroatoms. The molecule has 0 radical (unpaired) electrons. The number of rotatable bonds is 6. The molecule has 2 N–H and O–H groups in total. The van der Waals surface area contributed by atoms with Gasteiger partial charge in [0.05, 0.1) is 6.61 Å². The van der Waals surface area contributed by atoms with Gasteiger partial charge in [-0.25, -0.2) is 4.39 Å². The minimum absolute atomic E-state index is 0.165. The van der Waals surface area contributed by atoms with E-state index in [4.69, 9.17) is 27.4 Å². The van der Waals surface area contributed by atoms with E-state index in [0.717, 1.165) is 5.56 Å². The molecule has 0 aliphatic heterocycles. The monoisotopic (exact) mass is 305 g/mol. The van der Waals surface area contributed by atoms with Crippen molar-refractivity contribution in [2.24, 2.45) is 5.73 Å². The summed E-state index contributed by atoms with van der Waals surface area (Å²) in [6, 6.07) is 12.0. The lowest BCUT2D eigenvalue weighted by Crippen LogP contribution is -2.10. The molecule has 3 nitrogen and oxygen atoms in total. The Morgan fingerprint density at radius 1 is 1.14 bits per heavy atom. The lowest BCUT2D eigenvalue weighted by atomic mass is 10.1. The van der Waals surface area contributed by atoms with Crippen molar-refractivity contribution in [3.63, 3.8) is 0 Å². The van der Waals surface area contributed by atoms with E-state index in [2.05, 4.69) is 0 Å². The third-order valence-corrected chi connectivity index (χ3v) is 3.09. The van der Waals surface area contributed by atoms with Gasteiger partial charge in [0, 0.05) is 12.7 Å². The molecule has 0 amide bonds. The molecule has 2 aromatic carbocycles. The Bertz CT molecular complexity index is 646. The van der Waals surface area contributed by atoms with Gasteiger partial charge < -0.3 is 15.2 Å². The molecule has 0 saturated heterocycles. The molecular formula is C16H16FNO2S. The lowest BCUT2D eigenvalue weighted by molar-refractivity contribution is 0.184. The van der Waals surface area contributed by atoms with Crippen molar-refractivity contribution in [2.75, 3.05) is 7.11 Å². The zero-order valence-electron chi connectivity index (χ0n) is 11.6. The van der Waals surface area contributed by atoms with Crippen molar-refractivity contribution in [1.82, 2.24) is 0 Å². The molecule has 0 saturated carbocycles. The van der Waals surface area contributed by atoms with Crippen molar-refractivity contribution >= 4 is 17.2 Å². The lowest BCUT2D eigenvalue weighted by Gasteiger charge is -2.09. The first-order valence-electron chi connectivity index (χ1n) is 6.38. The van der Waals surface area contributed by atoms with Gasteiger partial charge in [0.2, 0.25) is 0 Å². The van der Waals surface area contributed by atoms with Crippen LogP contribution in [0.4, 0.5) is 4.39 Å². The third-order valence-electron chi connectivity index (χ3n) is 2.86. The molecule has 21 heavy (non-hydrogen) atoms. The van der Waals surface area contributed by atoms with Crippen molar-refractivity contribution in [3.8, 4) is 5.75 Å². The molecule has 0 fully saturated rings. The Kier molecular flexibility index (Phi) is 5.25. The van der Waals surface area contributed by atoms with Crippen molar-refractivity contribution in [3.05, 3.63) is 65.0 Å². The van der Waals surface area contributed by atoms with E-state index in [0.29, 0.717) is 23.5 Å². The van der Waals surface area contributed by atoms with E-state index in [1.165, 1.54) is 12.1 Å². The van der Waals surface area contributed by atoms with Crippen LogP contribution in [-0.2, 0) is 18.0 Å². The summed E-state index contributed by atoms with van der Waals surface area (Å²) in [7, 11) is 1.64. The number of benzene rings is 2. The molecule has 0 aliphatic carbocycles. The van der Waals surface area contributed by atoms with E-state index in [9.17, 15) is 4.39 Å². The summed E-state index contributed by atoms with van der Waals surface area (Å²) >= 11 is 4.86. The maximum absolute atomic E-state index is 13.5. The van der Waals surface area contributed by atoms with Crippen molar-refractivity contribution < 1.29 is 13.9 Å². The summed E-state index contributed by atoms with van der Waals surface area (Å²) in [5.74, 6) is 0.317. The Morgan fingerprint density at radius 2 is 1.95 bits per heavy atom. The molecule has 2 rings (SSSR count). The minimum atomic E-state index is -0.382. The van der Waals surface area contributed by atoms with Gasteiger partial charge >= 0.3 is 0 Å². The molecule has 0 heterocycles. The highest BCUT2D eigenvalue weighted by molar-refractivity contribution is 7.80. The fourth-order valence-corrected chi connectivity index (χ4v) is 2.05. The number of nitrogens with two attached hydrogens (primary N) is 1. The number of thiocarbonyl (C=S) groups is 1. The van der Waals surface area contributed by atoms with Crippen LogP contribution >= 0.6 is 12.2 Å². The quantitative estimate of drug-likeness (QED) is 0.833. The summed E-state index contributed by atoms with van der Waals surface area (Å²) in [5.41, 5.74) is 7.71. The Balaban J connectivity index is 2.09. The second kappa shape index (κ2) is 7.15. The van der Waals surface area contributed by atoms with Gasteiger partial charge in [-0.1, -0.05) is 24.4 Å². The smallest absolute Gasteiger partial charge is 0.124 e. The maximum atomic E-state index is 13.5. The van der Waals surface area contributed by atoms with Crippen LogP contribution in [0.1, 0.15) is 16.7 Å². The highest BCUT2D eigenvalue weighted by atomic mass is 32.1. The SMILES string of the molecule is COCc1cccc(OCc2cc(F)cc(C(N)=S)c2)c1. The van der Waals surface area contributed by atoms with Crippen molar-refractivity contribution in [2.45, 2.75) is 13.2 Å². The molecule has 0 spiro atoms. The average Bonchev–Trinajstić information content (AvgIpc) is 2.45. The van der Waals surface area contributed by atoms with Crippen LogP contribution in [0.3, 0.4) is 0 Å². The molecule has 110 valence electrons.